The molecule has 1 amide bonds. The fourth-order valence-corrected chi connectivity index (χ4v) is 3.07. The Hall–Kier alpha value is -2.99. The van der Waals surface area contributed by atoms with Gasteiger partial charge in [-0.3, -0.25) is 10.1 Å². The fraction of sp³-hybridized carbons (Fsp3) is 0.409. The van der Waals surface area contributed by atoms with Gasteiger partial charge in [-0.15, -0.1) is 0 Å². The van der Waals surface area contributed by atoms with Crippen LogP contribution in [0, 0.1) is 0 Å². The van der Waals surface area contributed by atoms with Crippen LogP contribution in [-0.2, 0) is 30.3 Å². The molecule has 0 aliphatic carbocycles. The minimum Gasteiger partial charge on any atom is -0.493 e. The molecule has 0 aliphatic rings. The molecular weight excluding hydrogens is 470 g/mol. The zero-order chi connectivity index (χ0) is 25.7. The highest BCUT2D eigenvalue weighted by Crippen LogP contribution is 2.37. The molecule has 0 heterocycles. The average molecular weight is 494 g/mol. The maximum absolute atomic E-state index is 13.0. The molecule has 2 aromatic rings. The van der Waals surface area contributed by atoms with E-state index in [9.17, 15) is 36.2 Å². The summed E-state index contributed by atoms with van der Waals surface area (Å²) >= 11 is 0. The number of amides is 1. The van der Waals surface area contributed by atoms with E-state index >= 15 is 0 Å². The Labute approximate surface area is 191 Å². The van der Waals surface area contributed by atoms with Crippen LogP contribution in [0.1, 0.15) is 29.2 Å². The van der Waals surface area contributed by atoms with Gasteiger partial charge >= 0.3 is 12.4 Å². The number of ether oxygens (including phenoxy) is 2. The van der Waals surface area contributed by atoms with Crippen molar-refractivity contribution in [1.29, 1.82) is 0 Å². The quantitative estimate of drug-likeness (QED) is 0.461. The van der Waals surface area contributed by atoms with Crippen molar-refractivity contribution in [2.45, 2.75) is 44.6 Å². The zero-order valence-corrected chi connectivity index (χ0v) is 18.5. The van der Waals surface area contributed by atoms with E-state index < -0.39 is 48.1 Å². The van der Waals surface area contributed by atoms with E-state index in [2.05, 4.69) is 10.6 Å². The Morgan fingerprint density at radius 2 is 1.56 bits per heavy atom. The zero-order valence-electron chi connectivity index (χ0n) is 18.5. The largest absolute Gasteiger partial charge is 0.493 e. The van der Waals surface area contributed by atoms with Crippen LogP contribution in [0.3, 0.4) is 0 Å². The second-order valence-corrected chi connectivity index (χ2v) is 7.40. The number of methoxy groups -OCH3 is 1. The van der Waals surface area contributed by atoms with Crippen LogP contribution in [0.2, 0.25) is 0 Å². The molecule has 0 saturated carbocycles. The lowest BCUT2D eigenvalue weighted by Gasteiger charge is -2.20. The van der Waals surface area contributed by atoms with Crippen LogP contribution >= 0.6 is 0 Å². The van der Waals surface area contributed by atoms with Gasteiger partial charge in [0.1, 0.15) is 12.6 Å². The number of aliphatic hydroxyl groups excluding tert-OH is 1. The first kappa shape index (κ1) is 27.3. The minimum absolute atomic E-state index is 0.0468. The Kier molecular flexibility index (Phi) is 8.78. The molecule has 2 aromatic carbocycles. The van der Waals surface area contributed by atoms with Crippen molar-refractivity contribution >= 4 is 5.91 Å². The highest BCUT2D eigenvalue weighted by molar-refractivity contribution is 5.82. The van der Waals surface area contributed by atoms with Gasteiger partial charge in [-0.05, 0) is 48.4 Å². The van der Waals surface area contributed by atoms with E-state index in [0.717, 1.165) is 0 Å². The molecule has 2 rings (SSSR count). The van der Waals surface area contributed by atoms with Crippen LogP contribution in [0.5, 0.6) is 11.5 Å². The predicted molar refractivity (Wildman–Crippen MR) is 110 cm³/mol. The number of alkyl halides is 6. The van der Waals surface area contributed by atoms with Gasteiger partial charge in [0.2, 0.25) is 5.91 Å². The number of rotatable bonds is 9. The first-order valence-electron chi connectivity index (χ1n) is 9.97. The third-order valence-corrected chi connectivity index (χ3v) is 4.81. The Bertz CT molecular complexity index is 960. The smallest absolute Gasteiger partial charge is 0.416 e. The van der Waals surface area contributed by atoms with E-state index in [1.165, 1.54) is 33.2 Å². The number of halogens is 6. The van der Waals surface area contributed by atoms with Crippen molar-refractivity contribution < 1.29 is 45.7 Å². The number of nitrogens with one attached hydrogen (secondary N) is 2. The van der Waals surface area contributed by atoms with Gasteiger partial charge in [-0.25, -0.2) is 0 Å². The number of benzene rings is 2. The molecule has 0 fully saturated rings. The lowest BCUT2D eigenvalue weighted by Crippen LogP contribution is -2.49. The normalized spacial score (nSPS) is 13.8. The summed E-state index contributed by atoms with van der Waals surface area (Å²) in [6, 6.07) is 4.89. The molecule has 12 heteroatoms. The van der Waals surface area contributed by atoms with Crippen molar-refractivity contribution in [3.8, 4) is 11.5 Å². The first-order valence-corrected chi connectivity index (χ1v) is 9.97. The average Bonchev–Trinajstić information content (AvgIpc) is 2.76. The van der Waals surface area contributed by atoms with Gasteiger partial charge in [0.15, 0.2) is 11.5 Å². The maximum Gasteiger partial charge on any atom is 0.416 e. The molecular formula is C22H24F6N2O4. The predicted octanol–water partition coefficient (Wildman–Crippen LogP) is 3.90. The van der Waals surface area contributed by atoms with Crippen molar-refractivity contribution in [3.63, 3.8) is 0 Å². The lowest BCUT2D eigenvalue weighted by atomic mass is 10.1. The van der Waals surface area contributed by atoms with E-state index in [-0.39, 0.29) is 29.7 Å². The summed E-state index contributed by atoms with van der Waals surface area (Å²) in [5.74, 6) is -0.146. The Balaban J connectivity index is 2.20. The highest BCUT2D eigenvalue weighted by atomic mass is 19.4. The van der Waals surface area contributed by atoms with Gasteiger partial charge in [0.25, 0.3) is 0 Å². The summed E-state index contributed by atoms with van der Waals surface area (Å²) < 4.78 is 88.9. The third kappa shape index (κ3) is 7.26. The third-order valence-electron chi connectivity index (χ3n) is 4.81. The molecule has 0 saturated heterocycles. The van der Waals surface area contributed by atoms with Gasteiger partial charge in [0, 0.05) is 13.6 Å². The molecule has 0 spiro atoms. The molecule has 2 atom stereocenters. The number of aliphatic hydroxyl groups is 1. The van der Waals surface area contributed by atoms with Crippen LogP contribution in [-0.4, -0.2) is 37.3 Å². The molecule has 34 heavy (non-hydrogen) atoms. The summed E-state index contributed by atoms with van der Waals surface area (Å²) in [4.78, 5) is 11.8. The first-order chi connectivity index (χ1) is 15.8. The standard InChI is InChI=1S/C22H24F6N2O4/c1-12(31)19(20(32)29-2)30-10-13-4-5-17(18(8-13)33-3)34-11-14-6-15(21(23,24)25)9-16(7-14)22(26,27)28/h4-9,12,19,30-31H,10-11H2,1-3H3,(H,29,32)/t12?,19-/m0/s1. The molecule has 0 aromatic heterocycles. The number of likely N-dealkylation sites (N-methyl/N-ethyl adjacent to an activating group) is 1. The SMILES string of the molecule is CNC(=O)[C@@H](NCc1ccc(OCc2cc(C(F)(F)F)cc(C(F)(F)F)c2)c(OC)c1)C(C)O. The van der Waals surface area contributed by atoms with Crippen LogP contribution in [0.4, 0.5) is 26.3 Å². The summed E-state index contributed by atoms with van der Waals surface area (Å²) in [6.45, 7) is 1.03. The van der Waals surface area contributed by atoms with Crippen molar-refractivity contribution in [2.24, 2.45) is 0 Å². The van der Waals surface area contributed by atoms with E-state index in [1.807, 2.05) is 0 Å². The second-order valence-electron chi connectivity index (χ2n) is 7.40. The molecule has 3 N–H and O–H groups in total. The molecule has 0 aliphatic heterocycles. The maximum atomic E-state index is 13.0. The monoisotopic (exact) mass is 494 g/mol. The summed E-state index contributed by atoms with van der Waals surface area (Å²) in [6.07, 6.45) is -10.9. The highest BCUT2D eigenvalue weighted by Gasteiger charge is 2.37. The molecule has 1 unspecified atom stereocenters. The summed E-state index contributed by atoms with van der Waals surface area (Å²) in [5, 5.41) is 15.1. The van der Waals surface area contributed by atoms with Crippen molar-refractivity contribution in [2.75, 3.05) is 14.2 Å². The van der Waals surface area contributed by atoms with Crippen molar-refractivity contribution in [1.82, 2.24) is 10.6 Å². The topological polar surface area (TPSA) is 79.8 Å². The van der Waals surface area contributed by atoms with E-state index in [4.69, 9.17) is 9.47 Å². The minimum atomic E-state index is -4.96. The Morgan fingerprint density at radius 3 is 2.03 bits per heavy atom. The number of carbonyl (C=O) groups is 1. The summed E-state index contributed by atoms with van der Waals surface area (Å²) in [5.41, 5.74) is -2.56. The van der Waals surface area contributed by atoms with Gasteiger partial charge in [-0.2, -0.15) is 26.3 Å². The van der Waals surface area contributed by atoms with Crippen LogP contribution in [0.15, 0.2) is 36.4 Å². The van der Waals surface area contributed by atoms with Gasteiger partial charge in [0.05, 0.1) is 24.3 Å². The van der Waals surface area contributed by atoms with E-state index in [0.29, 0.717) is 17.7 Å². The number of hydrogen-bond donors (Lipinski definition) is 3. The van der Waals surface area contributed by atoms with Gasteiger partial charge < -0.3 is 19.9 Å². The fourth-order valence-electron chi connectivity index (χ4n) is 3.07. The van der Waals surface area contributed by atoms with E-state index in [1.54, 1.807) is 6.07 Å². The lowest BCUT2D eigenvalue weighted by molar-refractivity contribution is -0.143. The molecule has 0 radical (unpaired) electrons. The number of hydrogen-bond acceptors (Lipinski definition) is 5. The molecule has 188 valence electrons. The van der Waals surface area contributed by atoms with Gasteiger partial charge in [-0.1, -0.05) is 6.07 Å². The number of carbonyl (C=O) groups excluding carboxylic acids is 1. The molecule has 6 nitrogen and oxygen atoms in total. The molecule has 0 bridgehead atoms. The summed E-state index contributed by atoms with van der Waals surface area (Å²) in [7, 11) is 2.74. The van der Waals surface area contributed by atoms with Crippen molar-refractivity contribution in [3.05, 3.63) is 58.7 Å². The van der Waals surface area contributed by atoms with Crippen LogP contribution in [0.25, 0.3) is 0 Å². The van der Waals surface area contributed by atoms with Crippen LogP contribution < -0.4 is 20.1 Å². The second kappa shape index (κ2) is 11.0. The Morgan fingerprint density at radius 1 is 0.971 bits per heavy atom.